The van der Waals surface area contributed by atoms with Gasteiger partial charge in [-0.3, -0.25) is 9.59 Å². The summed E-state index contributed by atoms with van der Waals surface area (Å²) in [6, 6.07) is 13.9. The van der Waals surface area contributed by atoms with E-state index in [2.05, 4.69) is 10.9 Å². The van der Waals surface area contributed by atoms with Crippen molar-refractivity contribution in [3.8, 4) is 12.3 Å². The van der Waals surface area contributed by atoms with E-state index in [1.165, 1.54) is 17.4 Å². The molecular weight excluding hydrogens is 360 g/mol. The molecule has 4 rings (SSSR count). The van der Waals surface area contributed by atoms with Crippen molar-refractivity contribution in [3.05, 3.63) is 74.9 Å². The van der Waals surface area contributed by atoms with Crippen molar-refractivity contribution in [1.82, 2.24) is 4.57 Å². The number of fused-ring (bicyclic) bond motifs is 2. The first-order chi connectivity index (χ1) is 13.1. The normalized spacial score (nSPS) is 11.8. The van der Waals surface area contributed by atoms with Crippen molar-refractivity contribution in [2.45, 2.75) is 13.5 Å². The van der Waals surface area contributed by atoms with Gasteiger partial charge in [0.2, 0.25) is 0 Å². The van der Waals surface area contributed by atoms with Gasteiger partial charge in [0.25, 0.3) is 0 Å². The van der Waals surface area contributed by atoms with Gasteiger partial charge in [0.1, 0.15) is 5.58 Å². The number of carbonyl (C=O) groups is 1. The SMILES string of the molecule is C#CCn1c(=NC(=O)c2cc(=O)c3ccccc3o2)sc2cccc(C)c21. The number of nitrogens with zero attached hydrogens (tertiary/aromatic N) is 2. The molecule has 0 aliphatic carbocycles. The average Bonchev–Trinajstić information content (AvgIpc) is 3.00. The summed E-state index contributed by atoms with van der Waals surface area (Å²) in [5.41, 5.74) is 2.07. The Kier molecular flexibility index (Phi) is 4.22. The lowest BCUT2D eigenvalue weighted by atomic mass is 10.2. The summed E-state index contributed by atoms with van der Waals surface area (Å²) in [5.74, 6) is 1.89. The van der Waals surface area contributed by atoms with Crippen LogP contribution in [0.5, 0.6) is 0 Å². The molecule has 0 aliphatic heterocycles. The Hall–Kier alpha value is -3.43. The molecule has 4 aromatic rings. The lowest BCUT2D eigenvalue weighted by molar-refractivity contribution is 0.0972. The predicted molar refractivity (Wildman–Crippen MR) is 106 cm³/mol. The summed E-state index contributed by atoms with van der Waals surface area (Å²) in [5, 5.41) is 0.425. The smallest absolute Gasteiger partial charge is 0.315 e. The van der Waals surface area contributed by atoms with Crippen LogP contribution in [0.15, 0.2) is 62.7 Å². The first-order valence-corrected chi connectivity index (χ1v) is 9.04. The van der Waals surface area contributed by atoms with Crippen molar-refractivity contribution in [1.29, 1.82) is 0 Å². The van der Waals surface area contributed by atoms with Crippen LogP contribution in [0.2, 0.25) is 0 Å². The Morgan fingerprint density at radius 3 is 2.89 bits per heavy atom. The maximum absolute atomic E-state index is 12.7. The number of hydrogen-bond acceptors (Lipinski definition) is 4. The van der Waals surface area contributed by atoms with Crippen molar-refractivity contribution in [3.63, 3.8) is 0 Å². The lowest BCUT2D eigenvalue weighted by Crippen LogP contribution is -2.17. The van der Waals surface area contributed by atoms with Gasteiger partial charge in [0.05, 0.1) is 22.1 Å². The van der Waals surface area contributed by atoms with Gasteiger partial charge in [-0.2, -0.15) is 4.99 Å². The van der Waals surface area contributed by atoms with Crippen LogP contribution < -0.4 is 10.2 Å². The molecule has 0 unspecified atom stereocenters. The van der Waals surface area contributed by atoms with Gasteiger partial charge < -0.3 is 8.98 Å². The standard InChI is InChI=1S/C21H14N2O3S/c1-3-11-23-19-13(2)7-6-10-18(19)27-21(23)22-20(25)17-12-15(24)14-8-4-5-9-16(14)26-17/h1,4-10,12H,11H2,2H3. The zero-order valence-electron chi connectivity index (χ0n) is 14.4. The number of carbonyl (C=O) groups excluding carboxylic acids is 1. The minimum absolute atomic E-state index is 0.0971. The molecule has 0 fully saturated rings. The molecule has 2 aromatic carbocycles. The first kappa shape index (κ1) is 17.0. The third kappa shape index (κ3) is 2.98. The van der Waals surface area contributed by atoms with Crippen LogP contribution in [0.3, 0.4) is 0 Å². The summed E-state index contributed by atoms with van der Waals surface area (Å²) in [6.45, 7) is 2.27. The van der Waals surface area contributed by atoms with Crippen LogP contribution in [0.1, 0.15) is 16.1 Å². The number of thiazole rings is 1. The number of aromatic nitrogens is 1. The van der Waals surface area contributed by atoms with Crippen molar-refractivity contribution < 1.29 is 9.21 Å². The molecule has 2 heterocycles. The molecule has 27 heavy (non-hydrogen) atoms. The fourth-order valence-electron chi connectivity index (χ4n) is 2.98. The number of benzene rings is 2. The minimum atomic E-state index is -0.618. The summed E-state index contributed by atoms with van der Waals surface area (Å²) in [4.78, 5) is 29.6. The third-order valence-corrected chi connectivity index (χ3v) is 5.24. The van der Waals surface area contributed by atoms with Crippen LogP contribution in [0.4, 0.5) is 0 Å². The molecule has 0 radical (unpaired) electrons. The molecule has 2 aromatic heterocycles. The first-order valence-electron chi connectivity index (χ1n) is 8.23. The molecule has 6 heteroatoms. The molecule has 0 spiro atoms. The monoisotopic (exact) mass is 374 g/mol. The molecule has 0 atom stereocenters. The third-order valence-electron chi connectivity index (χ3n) is 4.19. The van der Waals surface area contributed by atoms with E-state index in [-0.39, 0.29) is 11.2 Å². The number of terminal acetylenes is 1. The largest absolute Gasteiger partial charge is 0.451 e. The van der Waals surface area contributed by atoms with Gasteiger partial charge in [-0.15, -0.1) is 6.42 Å². The quantitative estimate of drug-likeness (QED) is 0.505. The van der Waals surface area contributed by atoms with Crippen molar-refractivity contribution in [2.24, 2.45) is 4.99 Å². The van der Waals surface area contributed by atoms with Crippen molar-refractivity contribution in [2.75, 3.05) is 0 Å². The van der Waals surface area contributed by atoms with E-state index in [0.717, 1.165) is 15.8 Å². The molecule has 132 valence electrons. The highest BCUT2D eigenvalue weighted by atomic mass is 32.1. The van der Waals surface area contributed by atoms with E-state index in [1.54, 1.807) is 24.3 Å². The van der Waals surface area contributed by atoms with Gasteiger partial charge >= 0.3 is 5.91 Å². The maximum Gasteiger partial charge on any atom is 0.315 e. The molecule has 0 aliphatic rings. The fraction of sp³-hybridized carbons (Fsp3) is 0.0952. The van der Waals surface area contributed by atoms with Crippen LogP contribution in [0.25, 0.3) is 21.2 Å². The van der Waals surface area contributed by atoms with Gasteiger partial charge in [0, 0.05) is 6.07 Å². The molecule has 0 bridgehead atoms. The zero-order chi connectivity index (χ0) is 19.0. The second-order valence-electron chi connectivity index (χ2n) is 5.98. The second-order valence-corrected chi connectivity index (χ2v) is 6.99. The molecule has 1 amide bonds. The zero-order valence-corrected chi connectivity index (χ0v) is 15.2. The Morgan fingerprint density at radius 1 is 1.26 bits per heavy atom. The number of amides is 1. The average molecular weight is 374 g/mol. The van der Waals surface area contributed by atoms with E-state index in [1.807, 2.05) is 29.7 Å². The van der Waals surface area contributed by atoms with Gasteiger partial charge in [0.15, 0.2) is 16.0 Å². The van der Waals surface area contributed by atoms with E-state index in [0.29, 0.717) is 22.3 Å². The highest BCUT2D eigenvalue weighted by molar-refractivity contribution is 7.16. The fourth-order valence-corrected chi connectivity index (χ4v) is 4.09. The van der Waals surface area contributed by atoms with Crippen LogP contribution >= 0.6 is 11.3 Å². The number of para-hydroxylation sites is 2. The Labute approximate surface area is 158 Å². The Balaban J connectivity index is 1.90. The van der Waals surface area contributed by atoms with E-state index >= 15 is 0 Å². The molecular formula is C21H14N2O3S. The summed E-state index contributed by atoms with van der Waals surface area (Å²) < 4.78 is 8.39. The molecule has 0 saturated heterocycles. The summed E-state index contributed by atoms with van der Waals surface area (Å²) >= 11 is 1.37. The summed E-state index contributed by atoms with van der Waals surface area (Å²) in [7, 11) is 0. The Bertz CT molecular complexity index is 1370. The Morgan fingerprint density at radius 2 is 2.07 bits per heavy atom. The van der Waals surface area contributed by atoms with Gasteiger partial charge in [-0.25, -0.2) is 0 Å². The van der Waals surface area contributed by atoms with Gasteiger partial charge in [-0.05, 0) is 30.7 Å². The minimum Gasteiger partial charge on any atom is -0.451 e. The topological polar surface area (TPSA) is 64.6 Å². The summed E-state index contributed by atoms with van der Waals surface area (Å²) in [6.07, 6.45) is 5.50. The van der Waals surface area contributed by atoms with Crippen molar-refractivity contribution >= 4 is 38.4 Å². The lowest BCUT2D eigenvalue weighted by Gasteiger charge is -2.02. The molecule has 0 saturated carbocycles. The highest BCUT2D eigenvalue weighted by Crippen LogP contribution is 2.21. The van der Waals surface area contributed by atoms with Crippen LogP contribution in [0, 0.1) is 19.3 Å². The number of aryl methyl sites for hydroxylation is 1. The highest BCUT2D eigenvalue weighted by Gasteiger charge is 2.14. The second kappa shape index (κ2) is 6.71. The predicted octanol–water partition coefficient (Wildman–Crippen LogP) is 3.49. The molecule has 5 nitrogen and oxygen atoms in total. The van der Waals surface area contributed by atoms with E-state index < -0.39 is 5.91 Å². The van der Waals surface area contributed by atoms with Crippen LogP contribution in [-0.2, 0) is 6.54 Å². The van der Waals surface area contributed by atoms with E-state index in [4.69, 9.17) is 10.8 Å². The van der Waals surface area contributed by atoms with E-state index in [9.17, 15) is 9.59 Å². The maximum atomic E-state index is 12.7. The number of hydrogen-bond donors (Lipinski definition) is 0. The van der Waals surface area contributed by atoms with Gasteiger partial charge in [-0.1, -0.05) is 41.5 Å². The van der Waals surface area contributed by atoms with Crippen LogP contribution in [-0.4, -0.2) is 10.5 Å². The number of rotatable bonds is 2. The molecule has 0 N–H and O–H groups in total.